The van der Waals surface area contributed by atoms with Crippen molar-refractivity contribution in [3.8, 4) is 6.07 Å². The van der Waals surface area contributed by atoms with Gasteiger partial charge in [-0.3, -0.25) is 0 Å². The van der Waals surface area contributed by atoms with E-state index in [9.17, 15) is 4.39 Å². The van der Waals surface area contributed by atoms with E-state index in [0.717, 1.165) is 37.7 Å². The van der Waals surface area contributed by atoms with E-state index < -0.39 is 5.83 Å². The summed E-state index contributed by atoms with van der Waals surface area (Å²) in [5.74, 6) is 1.80. The second-order valence-electron chi connectivity index (χ2n) is 8.25. The quantitative estimate of drug-likeness (QED) is 0.433. The van der Waals surface area contributed by atoms with Crippen molar-refractivity contribution in [3.05, 3.63) is 11.9 Å². The summed E-state index contributed by atoms with van der Waals surface area (Å²) in [5.41, 5.74) is 0. The second kappa shape index (κ2) is 11.7. The molecular formula is C22H36FNO. The van der Waals surface area contributed by atoms with E-state index in [0.29, 0.717) is 18.4 Å². The Morgan fingerprint density at radius 2 is 1.60 bits per heavy atom. The van der Waals surface area contributed by atoms with Crippen molar-refractivity contribution in [2.75, 3.05) is 6.61 Å². The minimum Gasteiger partial charge on any atom is -0.378 e. The highest BCUT2D eigenvalue weighted by Crippen LogP contribution is 2.34. The van der Waals surface area contributed by atoms with Crippen LogP contribution in [-0.2, 0) is 4.74 Å². The summed E-state index contributed by atoms with van der Waals surface area (Å²) in [6, 6.07) is 1.54. The first-order valence-electron chi connectivity index (χ1n) is 10.6. The molecule has 0 heterocycles. The van der Waals surface area contributed by atoms with Gasteiger partial charge in [0.25, 0.3) is 0 Å². The average Bonchev–Trinajstić information content (AvgIpc) is 2.66. The van der Waals surface area contributed by atoms with Crippen LogP contribution < -0.4 is 0 Å². The Kier molecular flexibility index (Phi) is 9.55. The van der Waals surface area contributed by atoms with Crippen LogP contribution in [0.5, 0.6) is 0 Å². The fourth-order valence-electron chi connectivity index (χ4n) is 4.53. The summed E-state index contributed by atoms with van der Waals surface area (Å²) >= 11 is 0. The number of hydrogen-bond donors (Lipinski definition) is 0. The van der Waals surface area contributed by atoms with Gasteiger partial charge in [-0.2, -0.15) is 9.65 Å². The van der Waals surface area contributed by atoms with E-state index >= 15 is 0 Å². The van der Waals surface area contributed by atoms with Crippen molar-refractivity contribution in [2.24, 2.45) is 17.8 Å². The maximum atomic E-state index is 12.8. The van der Waals surface area contributed by atoms with E-state index in [1.807, 2.05) is 0 Å². The fraction of sp³-hybridized carbons (Fsp3) is 0.864. The molecule has 0 aromatic rings. The first kappa shape index (κ1) is 20.4. The van der Waals surface area contributed by atoms with E-state index in [4.69, 9.17) is 10.00 Å². The normalized spacial score (nSPS) is 30.8. The van der Waals surface area contributed by atoms with Crippen molar-refractivity contribution in [1.82, 2.24) is 0 Å². The predicted octanol–water partition coefficient (Wildman–Crippen LogP) is 6.72. The average molecular weight is 350 g/mol. The molecule has 0 spiro atoms. The number of unbranched alkanes of at least 4 members (excludes halogenated alkanes) is 1. The van der Waals surface area contributed by atoms with Gasteiger partial charge >= 0.3 is 0 Å². The lowest BCUT2D eigenvalue weighted by atomic mass is 9.80. The molecule has 0 saturated heterocycles. The van der Waals surface area contributed by atoms with Crippen LogP contribution in [0.1, 0.15) is 90.4 Å². The van der Waals surface area contributed by atoms with Crippen LogP contribution in [-0.4, -0.2) is 12.7 Å². The summed E-state index contributed by atoms with van der Waals surface area (Å²) in [7, 11) is 0. The number of ether oxygens (including phenoxy) is 1. The first-order valence-corrected chi connectivity index (χ1v) is 10.6. The maximum absolute atomic E-state index is 12.8. The molecule has 0 aromatic heterocycles. The monoisotopic (exact) mass is 349 g/mol. The standard InChI is InChI=1S/C22H36FNO/c1-2-3-5-18-8-10-20(11-9-18)17-25-22-14-12-19(13-15-22)6-4-7-21(23)16-24/h7,18-20,22H,2-6,8-15,17H2,1H3/t18-,19-,20-,22-. The largest absolute Gasteiger partial charge is 0.378 e. The summed E-state index contributed by atoms with van der Waals surface area (Å²) in [6.45, 7) is 3.25. The highest BCUT2D eigenvalue weighted by atomic mass is 19.1. The van der Waals surface area contributed by atoms with Gasteiger partial charge in [0.15, 0.2) is 5.83 Å². The van der Waals surface area contributed by atoms with Crippen molar-refractivity contribution in [3.63, 3.8) is 0 Å². The van der Waals surface area contributed by atoms with Crippen LogP contribution >= 0.6 is 0 Å². The smallest absolute Gasteiger partial charge is 0.196 e. The Balaban J connectivity index is 1.53. The molecule has 0 N–H and O–H groups in total. The molecule has 142 valence electrons. The Morgan fingerprint density at radius 1 is 1.00 bits per heavy atom. The molecular weight excluding hydrogens is 313 g/mol. The molecule has 2 aliphatic rings. The molecule has 2 nitrogen and oxygen atoms in total. The number of nitrogens with zero attached hydrogens (tertiary/aromatic N) is 1. The predicted molar refractivity (Wildman–Crippen MR) is 101 cm³/mol. The molecule has 0 bridgehead atoms. The molecule has 0 amide bonds. The van der Waals surface area contributed by atoms with Gasteiger partial charge in [0.05, 0.1) is 6.10 Å². The van der Waals surface area contributed by atoms with Crippen molar-refractivity contribution >= 4 is 0 Å². The van der Waals surface area contributed by atoms with Gasteiger partial charge in [-0.25, -0.2) is 0 Å². The second-order valence-corrected chi connectivity index (χ2v) is 8.25. The Hall–Kier alpha value is -0.880. The summed E-state index contributed by atoms with van der Waals surface area (Å²) in [6.07, 6.45) is 18.0. The molecule has 0 aromatic carbocycles. The van der Waals surface area contributed by atoms with E-state index in [1.54, 1.807) is 6.07 Å². The van der Waals surface area contributed by atoms with Gasteiger partial charge in [-0.05, 0) is 75.2 Å². The third kappa shape index (κ3) is 7.90. The number of hydrogen-bond acceptors (Lipinski definition) is 2. The maximum Gasteiger partial charge on any atom is 0.196 e. The molecule has 2 fully saturated rings. The molecule has 2 saturated carbocycles. The Morgan fingerprint density at radius 3 is 2.24 bits per heavy atom. The minimum absolute atomic E-state index is 0.445. The third-order valence-electron chi connectivity index (χ3n) is 6.30. The van der Waals surface area contributed by atoms with Crippen molar-refractivity contribution in [1.29, 1.82) is 5.26 Å². The van der Waals surface area contributed by atoms with Crippen molar-refractivity contribution < 1.29 is 9.13 Å². The zero-order valence-corrected chi connectivity index (χ0v) is 16.0. The lowest BCUT2D eigenvalue weighted by Crippen LogP contribution is -2.26. The van der Waals surface area contributed by atoms with E-state index in [-0.39, 0.29) is 0 Å². The molecule has 2 rings (SSSR count). The molecule has 0 aliphatic heterocycles. The lowest BCUT2D eigenvalue weighted by molar-refractivity contribution is -0.0102. The van der Waals surface area contributed by atoms with Crippen LogP contribution in [0.15, 0.2) is 11.9 Å². The summed E-state index contributed by atoms with van der Waals surface area (Å²) in [4.78, 5) is 0. The Labute approximate surface area is 153 Å². The SMILES string of the molecule is CCCC[C@H]1CC[C@H](CO[C@H]2CC[C@H](CCC=C(F)C#N)CC2)CC1. The zero-order chi connectivity index (χ0) is 17.9. The summed E-state index contributed by atoms with van der Waals surface area (Å²) < 4.78 is 19.0. The van der Waals surface area contributed by atoms with E-state index in [2.05, 4.69) is 6.92 Å². The van der Waals surface area contributed by atoms with Gasteiger partial charge in [-0.15, -0.1) is 0 Å². The van der Waals surface area contributed by atoms with Gasteiger partial charge in [0.2, 0.25) is 0 Å². The Bertz CT molecular complexity index is 426. The first-order chi connectivity index (χ1) is 12.2. The molecule has 3 heteroatoms. The third-order valence-corrected chi connectivity index (χ3v) is 6.30. The topological polar surface area (TPSA) is 33.0 Å². The van der Waals surface area contributed by atoms with Gasteiger partial charge in [0, 0.05) is 6.61 Å². The molecule has 0 atom stereocenters. The lowest BCUT2D eigenvalue weighted by Gasteiger charge is -2.32. The molecule has 2 aliphatic carbocycles. The zero-order valence-electron chi connectivity index (χ0n) is 16.0. The van der Waals surface area contributed by atoms with Gasteiger partial charge < -0.3 is 4.74 Å². The number of rotatable bonds is 9. The minimum atomic E-state index is -0.638. The number of nitriles is 1. The molecule has 0 radical (unpaired) electrons. The van der Waals surface area contributed by atoms with E-state index in [1.165, 1.54) is 63.9 Å². The van der Waals surface area contributed by atoms with Crippen LogP contribution in [0, 0.1) is 29.1 Å². The highest BCUT2D eigenvalue weighted by molar-refractivity contribution is 5.11. The van der Waals surface area contributed by atoms with Gasteiger partial charge in [0.1, 0.15) is 6.07 Å². The highest BCUT2D eigenvalue weighted by Gasteiger charge is 2.24. The fourth-order valence-corrected chi connectivity index (χ4v) is 4.53. The van der Waals surface area contributed by atoms with Crippen LogP contribution in [0.4, 0.5) is 4.39 Å². The number of allylic oxidation sites excluding steroid dienone is 2. The molecule has 25 heavy (non-hydrogen) atoms. The van der Waals surface area contributed by atoms with Crippen LogP contribution in [0.25, 0.3) is 0 Å². The van der Waals surface area contributed by atoms with Crippen LogP contribution in [0.2, 0.25) is 0 Å². The summed E-state index contributed by atoms with van der Waals surface area (Å²) in [5, 5.41) is 8.42. The van der Waals surface area contributed by atoms with Gasteiger partial charge in [-0.1, -0.05) is 39.0 Å². The van der Waals surface area contributed by atoms with Crippen molar-refractivity contribution in [2.45, 2.75) is 96.5 Å². The molecule has 0 unspecified atom stereocenters. The van der Waals surface area contributed by atoms with Crippen LogP contribution in [0.3, 0.4) is 0 Å². The number of halogens is 1.